The van der Waals surface area contributed by atoms with Crippen molar-refractivity contribution in [3.8, 4) is 17.2 Å². The van der Waals surface area contributed by atoms with Gasteiger partial charge in [-0.25, -0.2) is 9.78 Å². The highest BCUT2D eigenvalue weighted by Gasteiger charge is 2.28. The minimum atomic E-state index is -0.554. The van der Waals surface area contributed by atoms with Crippen molar-refractivity contribution in [2.24, 2.45) is 0 Å². The molecule has 198 valence electrons. The average Bonchev–Trinajstić information content (AvgIpc) is 3.36. The third-order valence-electron chi connectivity index (χ3n) is 6.60. The molecule has 0 saturated heterocycles. The van der Waals surface area contributed by atoms with Gasteiger partial charge in [0.05, 0.1) is 38.1 Å². The summed E-state index contributed by atoms with van der Waals surface area (Å²) in [5.41, 5.74) is 5.24. The molecule has 3 aromatic carbocycles. The topological polar surface area (TPSA) is 96.0 Å². The highest BCUT2D eigenvalue weighted by Crippen LogP contribution is 2.38. The molecule has 0 fully saturated rings. The number of hydrogen-bond donors (Lipinski definition) is 1. The standard InChI is InChI=1S/C31H28N2O6/c1-36-22-12-10-21(11-13-22)32-28(34)18-39-31(35)29-23-6-4-5-7-25(23)33-30-20(9-14-24(29)30)16-19-8-15-26(37-2)27(17-19)38-3/h4-8,10-13,15-17H,9,14,18H2,1-3H3,(H,32,34). The molecule has 8 heteroatoms. The number of benzene rings is 3. The molecule has 0 saturated carbocycles. The highest BCUT2D eigenvalue weighted by atomic mass is 16.5. The Balaban J connectivity index is 1.41. The molecule has 1 aromatic heterocycles. The van der Waals surface area contributed by atoms with Crippen LogP contribution in [0.15, 0.2) is 66.7 Å². The van der Waals surface area contributed by atoms with E-state index in [1.165, 1.54) is 0 Å². The SMILES string of the molecule is COc1ccc(NC(=O)COC(=O)c2c3c(nc4ccccc24)C(=Cc2ccc(OC)c(OC)c2)CC3)cc1. The van der Waals surface area contributed by atoms with Crippen molar-refractivity contribution in [3.63, 3.8) is 0 Å². The van der Waals surface area contributed by atoms with E-state index in [2.05, 4.69) is 5.32 Å². The van der Waals surface area contributed by atoms with Gasteiger partial charge in [0.2, 0.25) is 0 Å². The van der Waals surface area contributed by atoms with E-state index in [1.54, 1.807) is 45.6 Å². The summed E-state index contributed by atoms with van der Waals surface area (Å²) < 4.78 is 21.4. The van der Waals surface area contributed by atoms with Crippen molar-refractivity contribution in [2.45, 2.75) is 12.8 Å². The molecule has 5 rings (SSSR count). The Hall–Kier alpha value is -4.85. The number of hydrogen-bond acceptors (Lipinski definition) is 7. The summed E-state index contributed by atoms with van der Waals surface area (Å²) in [5, 5.41) is 3.43. The van der Waals surface area contributed by atoms with Gasteiger partial charge >= 0.3 is 5.97 Å². The van der Waals surface area contributed by atoms with E-state index in [4.69, 9.17) is 23.9 Å². The van der Waals surface area contributed by atoms with E-state index in [1.807, 2.05) is 48.5 Å². The van der Waals surface area contributed by atoms with E-state index in [9.17, 15) is 9.59 Å². The molecule has 0 radical (unpaired) electrons. The second-order valence-electron chi connectivity index (χ2n) is 8.97. The maximum Gasteiger partial charge on any atom is 0.339 e. The van der Waals surface area contributed by atoms with Gasteiger partial charge in [-0.2, -0.15) is 0 Å². The van der Waals surface area contributed by atoms with Gasteiger partial charge in [0.25, 0.3) is 5.91 Å². The monoisotopic (exact) mass is 524 g/mol. The first kappa shape index (κ1) is 25.8. The first-order valence-electron chi connectivity index (χ1n) is 12.5. The van der Waals surface area contributed by atoms with Crippen LogP contribution >= 0.6 is 0 Å². The Bertz CT molecular complexity index is 1580. The molecule has 4 aromatic rings. The van der Waals surface area contributed by atoms with Gasteiger partial charge in [0, 0.05) is 11.1 Å². The smallest absolute Gasteiger partial charge is 0.339 e. The maximum atomic E-state index is 13.4. The molecule has 1 aliphatic carbocycles. The number of ether oxygens (including phenoxy) is 4. The molecule has 0 spiro atoms. The first-order valence-corrected chi connectivity index (χ1v) is 12.5. The zero-order valence-electron chi connectivity index (χ0n) is 21.9. The van der Waals surface area contributed by atoms with Crippen molar-refractivity contribution in [1.82, 2.24) is 4.98 Å². The number of carbonyl (C=O) groups is 2. The number of allylic oxidation sites excluding steroid dienone is 1. The van der Waals surface area contributed by atoms with Crippen molar-refractivity contribution in [3.05, 3.63) is 89.1 Å². The van der Waals surface area contributed by atoms with Crippen LogP contribution in [0.3, 0.4) is 0 Å². The van der Waals surface area contributed by atoms with Gasteiger partial charge in [0.15, 0.2) is 18.1 Å². The molecule has 0 bridgehead atoms. The lowest BCUT2D eigenvalue weighted by molar-refractivity contribution is -0.119. The van der Waals surface area contributed by atoms with Crippen molar-refractivity contribution in [1.29, 1.82) is 0 Å². The van der Waals surface area contributed by atoms with Gasteiger partial charge in [-0.3, -0.25) is 4.79 Å². The molecule has 0 atom stereocenters. The van der Waals surface area contributed by atoms with Gasteiger partial charge in [-0.1, -0.05) is 24.3 Å². The van der Waals surface area contributed by atoms with Gasteiger partial charge in [-0.05, 0) is 78.1 Å². The molecule has 1 aliphatic rings. The van der Waals surface area contributed by atoms with Crippen LogP contribution in [-0.4, -0.2) is 44.8 Å². The van der Waals surface area contributed by atoms with Crippen molar-refractivity contribution in [2.75, 3.05) is 33.3 Å². The average molecular weight is 525 g/mol. The number of nitrogens with zero attached hydrogens (tertiary/aromatic N) is 1. The molecule has 1 N–H and O–H groups in total. The Morgan fingerprint density at radius 3 is 2.41 bits per heavy atom. The zero-order chi connectivity index (χ0) is 27.4. The molecule has 8 nitrogen and oxygen atoms in total. The molecule has 0 aliphatic heterocycles. The third-order valence-corrected chi connectivity index (χ3v) is 6.60. The number of fused-ring (bicyclic) bond motifs is 2. The fourth-order valence-electron chi connectivity index (χ4n) is 4.73. The van der Waals surface area contributed by atoms with Crippen LogP contribution < -0.4 is 19.5 Å². The number of aromatic nitrogens is 1. The van der Waals surface area contributed by atoms with Gasteiger partial charge < -0.3 is 24.3 Å². The predicted octanol–water partition coefficient (Wildman–Crippen LogP) is 5.54. The normalized spacial score (nSPS) is 13.2. The van der Waals surface area contributed by atoms with E-state index in [0.29, 0.717) is 52.2 Å². The molecule has 1 amide bonds. The largest absolute Gasteiger partial charge is 0.497 e. The Labute approximate surface area is 226 Å². The summed E-state index contributed by atoms with van der Waals surface area (Å²) >= 11 is 0. The van der Waals surface area contributed by atoms with E-state index >= 15 is 0 Å². The number of nitrogens with one attached hydrogen (secondary N) is 1. The number of rotatable bonds is 8. The lowest BCUT2D eigenvalue weighted by atomic mass is 10.0. The number of amides is 1. The minimum Gasteiger partial charge on any atom is -0.497 e. The lowest BCUT2D eigenvalue weighted by Gasteiger charge is -2.13. The molecular formula is C31H28N2O6. The quantitative estimate of drug-likeness (QED) is 0.302. The summed E-state index contributed by atoms with van der Waals surface area (Å²) in [6, 6.07) is 20.1. The van der Waals surface area contributed by atoms with E-state index in [-0.39, 0.29) is 0 Å². The van der Waals surface area contributed by atoms with Crippen molar-refractivity contribution < 1.29 is 28.5 Å². The second-order valence-corrected chi connectivity index (χ2v) is 8.97. The zero-order valence-corrected chi connectivity index (χ0v) is 21.9. The number of para-hydroxylation sites is 1. The number of methoxy groups -OCH3 is 3. The number of carbonyl (C=O) groups excluding carboxylic acids is 2. The number of anilines is 1. The molecular weight excluding hydrogens is 496 g/mol. The van der Waals surface area contributed by atoms with Crippen LogP contribution in [0.1, 0.15) is 33.6 Å². The summed E-state index contributed by atoms with van der Waals surface area (Å²) in [6.07, 6.45) is 3.40. The summed E-state index contributed by atoms with van der Waals surface area (Å²) in [6.45, 7) is -0.412. The maximum absolute atomic E-state index is 13.4. The molecule has 1 heterocycles. The van der Waals surface area contributed by atoms with Crippen LogP contribution in [0.25, 0.3) is 22.6 Å². The lowest BCUT2D eigenvalue weighted by Crippen LogP contribution is -2.21. The van der Waals surface area contributed by atoms with Crippen molar-refractivity contribution >= 4 is 40.1 Å². The predicted molar refractivity (Wildman–Crippen MR) is 149 cm³/mol. The molecule has 39 heavy (non-hydrogen) atoms. The summed E-state index contributed by atoms with van der Waals surface area (Å²) in [4.78, 5) is 30.8. The molecule has 0 unspecified atom stereocenters. The van der Waals surface area contributed by atoms with Crippen LogP contribution in [0, 0.1) is 0 Å². The van der Waals surface area contributed by atoms with Crippen LogP contribution in [0.2, 0.25) is 0 Å². The summed E-state index contributed by atoms with van der Waals surface area (Å²) in [7, 11) is 4.77. The van der Waals surface area contributed by atoms with E-state index in [0.717, 1.165) is 22.4 Å². The minimum absolute atomic E-state index is 0.412. The van der Waals surface area contributed by atoms with Gasteiger partial charge in [0.1, 0.15) is 5.75 Å². The highest BCUT2D eigenvalue weighted by molar-refractivity contribution is 6.08. The first-order chi connectivity index (χ1) is 19.0. The van der Waals surface area contributed by atoms with E-state index < -0.39 is 18.5 Å². The fourth-order valence-corrected chi connectivity index (χ4v) is 4.73. The van der Waals surface area contributed by atoms with Crippen LogP contribution in [-0.2, 0) is 16.0 Å². The van der Waals surface area contributed by atoms with Crippen LogP contribution in [0.5, 0.6) is 17.2 Å². The Morgan fingerprint density at radius 2 is 1.67 bits per heavy atom. The number of pyridine rings is 1. The fraction of sp³-hybridized carbons (Fsp3) is 0.194. The van der Waals surface area contributed by atoms with Crippen LogP contribution in [0.4, 0.5) is 5.69 Å². The second kappa shape index (κ2) is 11.3. The Kier molecular flexibility index (Phi) is 7.45. The third kappa shape index (κ3) is 5.40. The number of esters is 1. The summed E-state index contributed by atoms with van der Waals surface area (Å²) in [5.74, 6) is 0.974. The van der Waals surface area contributed by atoms with Gasteiger partial charge in [-0.15, -0.1) is 0 Å². The Morgan fingerprint density at radius 1 is 0.897 bits per heavy atom.